The van der Waals surface area contributed by atoms with Crippen LogP contribution in [0.5, 0.6) is 0 Å². The molecular weight excluding hydrogens is 761 g/mol. The van der Waals surface area contributed by atoms with Crippen LogP contribution in [0.2, 0.25) is 0 Å². The molecule has 0 atom stereocenters. The number of hydrogen-bond donors (Lipinski definition) is 0. The van der Waals surface area contributed by atoms with Crippen LogP contribution in [0, 0.1) is 0 Å². The molecule has 0 saturated heterocycles. The van der Waals surface area contributed by atoms with Crippen LogP contribution in [-0.2, 0) is 6.42 Å². The summed E-state index contributed by atoms with van der Waals surface area (Å²) in [6.07, 6.45) is 16.0. The summed E-state index contributed by atoms with van der Waals surface area (Å²) in [6.45, 7) is 0. The second-order valence-corrected chi connectivity index (χ2v) is 16.7. The van der Waals surface area contributed by atoms with Crippen molar-refractivity contribution in [1.29, 1.82) is 0 Å². The smallest absolute Gasteiger partial charge is 0.0541 e. The van der Waals surface area contributed by atoms with E-state index in [-0.39, 0.29) is 0 Å². The van der Waals surface area contributed by atoms with Crippen LogP contribution >= 0.6 is 0 Å². The molecule has 0 N–H and O–H groups in total. The topological polar surface area (TPSA) is 9.86 Å². The molecule has 0 bridgehead atoms. The maximum absolute atomic E-state index is 3.13. The Morgan fingerprint density at radius 2 is 0.857 bits per heavy atom. The summed E-state index contributed by atoms with van der Waals surface area (Å²) in [4.78, 5) is 0. The third-order valence-corrected chi connectivity index (χ3v) is 12.9. The Balaban J connectivity index is 0.879. The molecule has 0 fully saturated rings. The third-order valence-electron chi connectivity index (χ3n) is 12.9. The Morgan fingerprint density at radius 3 is 1.30 bits per heavy atom. The first-order valence-electron chi connectivity index (χ1n) is 21.9. The Bertz CT molecular complexity index is 3610. The molecule has 2 aliphatic rings. The summed E-state index contributed by atoms with van der Waals surface area (Å²) in [5.74, 6) is 0. The quantitative estimate of drug-likeness (QED) is 0.135. The summed E-state index contributed by atoms with van der Waals surface area (Å²) < 4.78 is 4.84. The molecule has 0 spiro atoms. The van der Waals surface area contributed by atoms with Crippen molar-refractivity contribution < 1.29 is 0 Å². The molecule has 0 saturated carbocycles. The highest BCUT2D eigenvalue weighted by molar-refractivity contribution is 6.12. The van der Waals surface area contributed by atoms with Crippen LogP contribution in [-0.4, -0.2) is 9.13 Å². The van der Waals surface area contributed by atoms with Gasteiger partial charge in [-0.2, -0.15) is 0 Å². The zero-order chi connectivity index (χ0) is 41.7. The molecule has 2 nitrogen and oxygen atoms in total. The van der Waals surface area contributed by atoms with Crippen molar-refractivity contribution in [2.45, 2.75) is 19.3 Å². The SMILES string of the molecule is C1=C=CC(c2ccc3c(c2)c2cc(-c4ccccc4)ccc2n3-c2ccc(Cc3ccc(-n4c5ccc(C6=CCCC=C6)cc5c5cc(-c6ccccc6)ccc54)cc3)cc2)=CC=1. The van der Waals surface area contributed by atoms with Gasteiger partial charge in [-0.15, -0.1) is 0 Å². The molecule has 296 valence electrons. The fraction of sp³-hybridized carbons (Fsp3) is 0.0492. The first-order chi connectivity index (χ1) is 31.2. The molecule has 2 heteroatoms. The Morgan fingerprint density at radius 1 is 0.397 bits per heavy atom. The van der Waals surface area contributed by atoms with Gasteiger partial charge in [0.15, 0.2) is 0 Å². The molecule has 12 rings (SSSR count). The van der Waals surface area contributed by atoms with Gasteiger partial charge >= 0.3 is 0 Å². The number of fused-ring (bicyclic) bond motifs is 6. The summed E-state index contributed by atoms with van der Waals surface area (Å²) in [5, 5.41) is 5.02. The van der Waals surface area contributed by atoms with E-state index in [4.69, 9.17) is 0 Å². The number of benzene rings is 8. The molecule has 0 amide bonds. The lowest BCUT2D eigenvalue weighted by molar-refractivity contribution is 1.04. The van der Waals surface area contributed by atoms with E-state index in [1.807, 2.05) is 12.2 Å². The molecule has 0 aliphatic heterocycles. The average Bonchev–Trinajstić information content (AvgIpc) is 3.87. The van der Waals surface area contributed by atoms with E-state index < -0.39 is 0 Å². The van der Waals surface area contributed by atoms with Crippen molar-refractivity contribution in [2.75, 3.05) is 0 Å². The van der Waals surface area contributed by atoms with Crippen LogP contribution in [0.1, 0.15) is 35.1 Å². The third kappa shape index (κ3) is 6.63. The van der Waals surface area contributed by atoms with Gasteiger partial charge in [0.25, 0.3) is 0 Å². The minimum absolute atomic E-state index is 0.850. The van der Waals surface area contributed by atoms with Crippen molar-refractivity contribution in [2.24, 2.45) is 0 Å². The van der Waals surface area contributed by atoms with Crippen LogP contribution in [0.4, 0.5) is 0 Å². The van der Waals surface area contributed by atoms with Gasteiger partial charge in [0.2, 0.25) is 0 Å². The summed E-state index contributed by atoms with van der Waals surface area (Å²) >= 11 is 0. The minimum atomic E-state index is 0.850. The lowest BCUT2D eigenvalue weighted by atomic mass is 9.97. The molecule has 0 unspecified atom stereocenters. The second kappa shape index (κ2) is 15.4. The van der Waals surface area contributed by atoms with Crippen LogP contribution in [0.3, 0.4) is 0 Å². The molecule has 2 aliphatic carbocycles. The van der Waals surface area contributed by atoms with Gasteiger partial charge < -0.3 is 9.13 Å². The molecular formula is C61H42N2. The second-order valence-electron chi connectivity index (χ2n) is 16.7. The monoisotopic (exact) mass is 802 g/mol. The van der Waals surface area contributed by atoms with Gasteiger partial charge in [-0.1, -0.05) is 139 Å². The zero-order valence-corrected chi connectivity index (χ0v) is 34.8. The van der Waals surface area contributed by atoms with Crippen molar-refractivity contribution in [3.63, 3.8) is 0 Å². The zero-order valence-electron chi connectivity index (χ0n) is 34.8. The Hall–Kier alpha value is -8.12. The van der Waals surface area contributed by atoms with E-state index in [0.29, 0.717) is 0 Å². The number of aromatic nitrogens is 2. The van der Waals surface area contributed by atoms with Crippen molar-refractivity contribution in [1.82, 2.24) is 9.13 Å². The van der Waals surface area contributed by atoms with E-state index in [1.54, 1.807) is 0 Å². The van der Waals surface area contributed by atoms with Gasteiger partial charge in [0.05, 0.1) is 22.1 Å². The predicted molar refractivity (Wildman–Crippen MR) is 266 cm³/mol. The average molecular weight is 803 g/mol. The maximum Gasteiger partial charge on any atom is 0.0541 e. The number of rotatable bonds is 8. The fourth-order valence-electron chi connectivity index (χ4n) is 9.70. The van der Waals surface area contributed by atoms with E-state index in [9.17, 15) is 0 Å². The number of hydrogen-bond acceptors (Lipinski definition) is 0. The summed E-state index contributed by atoms with van der Waals surface area (Å²) in [7, 11) is 0. The van der Waals surface area contributed by atoms with Crippen LogP contribution in [0.25, 0.3) is 88.4 Å². The minimum Gasteiger partial charge on any atom is -0.309 e. The van der Waals surface area contributed by atoms with E-state index in [0.717, 1.165) is 30.5 Å². The van der Waals surface area contributed by atoms with Crippen LogP contribution < -0.4 is 0 Å². The standard InChI is InChI=1S/C61H42N2/c1-5-13-44(14-6-1)48-25-33-58-54(38-48)55-39-49(45-15-7-2-8-16-45)26-34-59(55)62(58)52-29-21-42(22-30-52)37-43-23-31-53(32-24-43)63-60-35-27-50(46-17-9-3-10-18-46)40-56(60)57-41-51(28-36-61(57)63)47-19-11-4-12-20-47/h1,3,5-7,9-11,13-36,38-41H,2,8,37H2. The molecule has 2 aromatic heterocycles. The lowest BCUT2D eigenvalue weighted by Crippen LogP contribution is -1.97. The molecule has 10 aromatic rings. The number of allylic oxidation sites excluding steroid dienone is 8. The fourth-order valence-corrected chi connectivity index (χ4v) is 9.70. The van der Waals surface area contributed by atoms with Gasteiger partial charge in [0, 0.05) is 32.9 Å². The highest BCUT2D eigenvalue weighted by Crippen LogP contribution is 2.39. The number of nitrogens with zero attached hydrogens (tertiary/aromatic N) is 2. The predicted octanol–water partition coefficient (Wildman–Crippen LogP) is 15.8. The summed E-state index contributed by atoms with van der Waals surface area (Å²) in [5.41, 5.74) is 25.7. The van der Waals surface area contributed by atoms with E-state index in [2.05, 4.69) is 227 Å². The molecule has 2 heterocycles. The summed E-state index contributed by atoms with van der Waals surface area (Å²) in [6, 6.07) is 67.3. The van der Waals surface area contributed by atoms with Crippen LogP contribution in [0.15, 0.2) is 230 Å². The van der Waals surface area contributed by atoms with Crippen molar-refractivity contribution in [3.05, 3.63) is 252 Å². The van der Waals surface area contributed by atoms with Crippen molar-refractivity contribution in [3.8, 4) is 33.6 Å². The van der Waals surface area contributed by atoms with Gasteiger partial charge in [-0.3, -0.25) is 0 Å². The molecule has 0 radical (unpaired) electrons. The largest absolute Gasteiger partial charge is 0.309 e. The maximum atomic E-state index is 3.13. The Kier molecular flexibility index (Phi) is 8.98. The highest BCUT2D eigenvalue weighted by Gasteiger charge is 2.17. The first-order valence-corrected chi connectivity index (χ1v) is 21.9. The first kappa shape index (κ1) is 36.7. The highest BCUT2D eigenvalue weighted by atomic mass is 15.0. The van der Waals surface area contributed by atoms with Gasteiger partial charge in [0.1, 0.15) is 0 Å². The van der Waals surface area contributed by atoms with E-state index >= 15 is 0 Å². The van der Waals surface area contributed by atoms with Gasteiger partial charge in [-0.05, 0) is 166 Å². The van der Waals surface area contributed by atoms with Gasteiger partial charge in [-0.25, -0.2) is 0 Å². The Labute approximate surface area is 367 Å². The molecule has 8 aromatic carbocycles. The van der Waals surface area contributed by atoms with E-state index in [1.165, 1.54) is 99.4 Å². The normalized spacial score (nSPS) is 13.4. The van der Waals surface area contributed by atoms with Crippen molar-refractivity contribution >= 4 is 54.8 Å². The molecule has 63 heavy (non-hydrogen) atoms. The lowest BCUT2D eigenvalue weighted by Gasteiger charge is -2.12.